The van der Waals surface area contributed by atoms with Crippen LogP contribution in [0.3, 0.4) is 0 Å². The zero-order valence-electron chi connectivity index (χ0n) is 5.52. The number of rotatable bonds is 1. The fourth-order valence-corrected chi connectivity index (χ4v) is 1.42. The van der Waals surface area contributed by atoms with Crippen LogP contribution < -0.4 is 5.32 Å². The molecule has 0 bridgehead atoms. The smallest absolute Gasteiger partial charge is 0.222 e. The third kappa shape index (κ3) is 2.05. The van der Waals surface area contributed by atoms with Crippen LogP contribution in [0.1, 0.15) is 6.92 Å². The molecule has 1 aromatic heterocycles. The van der Waals surface area contributed by atoms with E-state index < -0.39 is 0 Å². The highest BCUT2D eigenvalue weighted by Gasteiger charge is 2.09. The van der Waals surface area contributed by atoms with E-state index in [4.69, 9.17) is 23.2 Å². The Bertz CT molecular complexity index is 286. The molecule has 0 atom stereocenters. The van der Waals surface area contributed by atoms with E-state index in [9.17, 15) is 4.79 Å². The van der Waals surface area contributed by atoms with Crippen molar-refractivity contribution in [1.82, 2.24) is 4.37 Å². The lowest BCUT2D eigenvalue weighted by atomic mass is 10.6. The van der Waals surface area contributed by atoms with Crippen molar-refractivity contribution in [3.8, 4) is 0 Å². The average Bonchev–Trinajstić information content (AvgIpc) is 2.18. The van der Waals surface area contributed by atoms with Crippen molar-refractivity contribution in [2.45, 2.75) is 6.92 Å². The van der Waals surface area contributed by atoms with Gasteiger partial charge < -0.3 is 5.32 Å². The molecule has 1 rings (SSSR count). The Labute approximate surface area is 77.5 Å². The molecule has 0 saturated heterocycles. The highest BCUT2D eigenvalue weighted by atomic mass is 35.5. The standard InChI is InChI=1S/C5H4Cl2N2OS/c1-2(10)8-5-3(6)4(7)11-9-5/h1H3,(H,8,9,10). The van der Waals surface area contributed by atoms with Gasteiger partial charge >= 0.3 is 0 Å². The van der Waals surface area contributed by atoms with Gasteiger partial charge in [-0.3, -0.25) is 4.79 Å². The Kier molecular flexibility index (Phi) is 2.70. The van der Waals surface area contributed by atoms with E-state index in [1.54, 1.807) is 0 Å². The summed E-state index contributed by atoms with van der Waals surface area (Å²) in [6.07, 6.45) is 0. The highest BCUT2D eigenvalue weighted by Crippen LogP contribution is 2.32. The Morgan fingerprint density at radius 2 is 2.27 bits per heavy atom. The molecule has 11 heavy (non-hydrogen) atoms. The number of amides is 1. The Balaban J connectivity index is 2.87. The minimum absolute atomic E-state index is 0.214. The quantitative estimate of drug-likeness (QED) is 0.774. The normalized spacial score (nSPS) is 9.73. The predicted molar refractivity (Wildman–Crippen MR) is 46.4 cm³/mol. The monoisotopic (exact) mass is 210 g/mol. The minimum atomic E-state index is -0.214. The molecule has 0 spiro atoms. The third-order valence-electron chi connectivity index (χ3n) is 0.892. The van der Waals surface area contributed by atoms with E-state index >= 15 is 0 Å². The van der Waals surface area contributed by atoms with E-state index in [2.05, 4.69) is 9.69 Å². The Morgan fingerprint density at radius 1 is 1.64 bits per heavy atom. The van der Waals surface area contributed by atoms with Crippen LogP contribution >= 0.6 is 34.7 Å². The fraction of sp³-hybridized carbons (Fsp3) is 0.200. The molecule has 1 amide bonds. The summed E-state index contributed by atoms with van der Waals surface area (Å²) < 4.78 is 4.19. The fourth-order valence-electron chi connectivity index (χ4n) is 0.503. The van der Waals surface area contributed by atoms with Gasteiger partial charge in [-0.2, -0.15) is 4.37 Å². The number of nitrogens with zero attached hydrogens (tertiary/aromatic N) is 1. The van der Waals surface area contributed by atoms with Crippen molar-refractivity contribution in [2.75, 3.05) is 5.32 Å². The van der Waals surface area contributed by atoms with E-state index in [-0.39, 0.29) is 5.91 Å². The molecule has 0 saturated carbocycles. The first-order valence-corrected chi connectivity index (χ1v) is 4.22. The number of halogens is 2. The first-order valence-electron chi connectivity index (χ1n) is 2.69. The largest absolute Gasteiger partial charge is 0.309 e. The first-order chi connectivity index (χ1) is 5.11. The highest BCUT2D eigenvalue weighted by molar-refractivity contribution is 7.11. The van der Waals surface area contributed by atoms with Gasteiger partial charge in [0, 0.05) is 6.92 Å². The van der Waals surface area contributed by atoms with Gasteiger partial charge in [-0.15, -0.1) is 0 Å². The van der Waals surface area contributed by atoms with Crippen molar-refractivity contribution in [3.63, 3.8) is 0 Å². The maximum atomic E-state index is 10.5. The summed E-state index contributed by atoms with van der Waals surface area (Å²) in [5.41, 5.74) is 0. The van der Waals surface area contributed by atoms with Crippen LogP contribution in [0, 0.1) is 0 Å². The van der Waals surface area contributed by atoms with Crippen LogP contribution in [-0.2, 0) is 4.79 Å². The lowest BCUT2D eigenvalue weighted by Crippen LogP contribution is -2.05. The first kappa shape index (κ1) is 8.77. The van der Waals surface area contributed by atoms with Gasteiger partial charge in [0.05, 0.1) is 0 Å². The van der Waals surface area contributed by atoms with E-state index in [0.717, 1.165) is 11.5 Å². The topological polar surface area (TPSA) is 42.0 Å². The molecular weight excluding hydrogens is 207 g/mol. The predicted octanol–water partition coefficient (Wildman–Crippen LogP) is 2.41. The van der Waals surface area contributed by atoms with Gasteiger partial charge in [0.25, 0.3) is 0 Å². The summed E-state index contributed by atoms with van der Waals surface area (Å²) in [5.74, 6) is 0.114. The molecule has 1 N–H and O–H groups in total. The van der Waals surface area contributed by atoms with Crippen LogP contribution in [0.4, 0.5) is 5.82 Å². The van der Waals surface area contributed by atoms with Gasteiger partial charge in [0.1, 0.15) is 9.36 Å². The van der Waals surface area contributed by atoms with E-state index in [1.165, 1.54) is 6.92 Å². The molecule has 0 aromatic carbocycles. The second-order valence-electron chi connectivity index (χ2n) is 1.80. The zero-order valence-corrected chi connectivity index (χ0v) is 7.85. The lowest BCUT2D eigenvalue weighted by molar-refractivity contribution is -0.114. The van der Waals surface area contributed by atoms with Crippen molar-refractivity contribution in [3.05, 3.63) is 9.36 Å². The second-order valence-corrected chi connectivity index (χ2v) is 3.55. The van der Waals surface area contributed by atoms with Crippen LogP contribution in [0.2, 0.25) is 9.36 Å². The number of hydrogen-bond acceptors (Lipinski definition) is 3. The molecule has 1 heterocycles. The van der Waals surface area contributed by atoms with Crippen molar-refractivity contribution in [1.29, 1.82) is 0 Å². The third-order valence-corrected chi connectivity index (χ3v) is 2.50. The molecular formula is C5H4Cl2N2OS. The summed E-state index contributed by atoms with van der Waals surface area (Å²) in [5, 5.41) is 2.74. The van der Waals surface area contributed by atoms with Crippen LogP contribution in [0.25, 0.3) is 0 Å². The molecule has 6 heteroatoms. The van der Waals surface area contributed by atoms with Crippen LogP contribution in [-0.4, -0.2) is 10.3 Å². The zero-order chi connectivity index (χ0) is 8.43. The molecule has 0 fully saturated rings. The summed E-state index contributed by atoms with van der Waals surface area (Å²) in [6, 6.07) is 0. The SMILES string of the molecule is CC(=O)Nc1nsc(Cl)c1Cl. The van der Waals surface area contributed by atoms with Gasteiger partial charge in [-0.25, -0.2) is 0 Å². The lowest BCUT2D eigenvalue weighted by Gasteiger charge is -1.94. The van der Waals surface area contributed by atoms with Crippen LogP contribution in [0.15, 0.2) is 0 Å². The van der Waals surface area contributed by atoms with Gasteiger partial charge in [0.2, 0.25) is 5.91 Å². The second kappa shape index (κ2) is 3.38. The number of hydrogen-bond donors (Lipinski definition) is 1. The van der Waals surface area contributed by atoms with Crippen molar-refractivity contribution in [2.24, 2.45) is 0 Å². The van der Waals surface area contributed by atoms with Crippen molar-refractivity contribution >= 4 is 46.5 Å². The maximum Gasteiger partial charge on any atom is 0.222 e. The molecule has 0 unspecified atom stereocenters. The molecule has 3 nitrogen and oxygen atoms in total. The number of carbonyl (C=O) groups excluding carboxylic acids is 1. The van der Waals surface area contributed by atoms with Crippen molar-refractivity contribution < 1.29 is 4.79 Å². The minimum Gasteiger partial charge on any atom is -0.309 e. The van der Waals surface area contributed by atoms with Crippen LogP contribution in [0.5, 0.6) is 0 Å². The number of nitrogens with one attached hydrogen (secondary N) is 1. The maximum absolute atomic E-state index is 10.5. The Hall–Kier alpha value is -0.320. The molecule has 0 radical (unpaired) electrons. The molecule has 0 aliphatic heterocycles. The van der Waals surface area contributed by atoms with Gasteiger partial charge in [-0.05, 0) is 11.5 Å². The average molecular weight is 211 g/mol. The Morgan fingerprint density at radius 3 is 2.64 bits per heavy atom. The molecule has 0 aliphatic carbocycles. The van der Waals surface area contributed by atoms with Gasteiger partial charge in [-0.1, -0.05) is 23.2 Å². The molecule has 60 valence electrons. The number of aromatic nitrogens is 1. The number of carbonyl (C=O) groups is 1. The summed E-state index contributed by atoms with van der Waals surface area (Å²) in [4.78, 5) is 10.5. The van der Waals surface area contributed by atoms with E-state index in [1.807, 2.05) is 0 Å². The van der Waals surface area contributed by atoms with Gasteiger partial charge in [0.15, 0.2) is 5.82 Å². The summed E-state index contributed by atoms with van der Waals surface area (Å²) in [7, 11) is 0. The van der Waals surface area contributed by atoms with E-state index in [0.29, 0.717) is 15.2 Å². The molecule has 0 aliphatic rings. The number of anilines is 1. The molecule has 1 aromatic rings. The summed E-state index contributed by atoms with van der Waals surface area (Å²) >= 11 is 12.3. The summed E-state index contributed by atoms with van der Waals surface area (Å²) in [6.45, 7) is 1.38.